The molecule has 2 rings (SSSR count). The molecule has 0 radical (unpaired) electrons. The molecule has 1 aromatic heterocycles. The second kappa shape index (κ2) is 4.72. The fourth-order valence-corrected chi connectivity index (χ4v) is 2.00. The maximum Gasteiger partial charge on any atom is 0.218 e. The van der Waals surface area contributed by atoms with Crippen molar-refractivity contribution in [3.8, 4) is 5.88 Å². The van der Waals surface area contributed by atoms with E-state index in [0.29, 0.717) is 11.8 Å². The number of nitrogens with two attached hydrogens (primary N) is 1. The fourth-order valence-electron chi connectivity index (χ4n) is 2.00. The largest absolute Gasteiger partial charge is 0.475 e. The van der Waals surface area contributed by atoms with Crippen LogP contribution in [0.1, 0.15) is 27.7 Å². The van der Waals surface area contributed by atoms with Crippen LogP contribution in [0.4, 0.5) is 5.82 Å². The molecule has 0 aliphatic carbocycles. The molecule has 1 aliphatic heterocycles. The number of aromatic nitrogens is 2. The summed E-state index contributed by atoms with van der Waals surface area (Å²) in [6, 6.07) is 1.87. The van der Waals surface area contributed by atoms with Gasteiger partial charge in [-0.2, -0.15) is 0 Å². The molecule has 0 bridgehead atoms. The van der Waals surface area contributed by atoms with Crippen LogP contribution in [0, 0.1) is 5.92 Å². The molecule has 0 unspecified atom stereocenters. The second-order valence-electron chi connectivity index (χ2n) is 5.62. The summed E-state index contributed by atoms with van der Waals surface area (Å²) in [5.74, 6) is 1.98. The Morgan fingerprint density at radius 2 is 1.94 bits per heavy atom. The third kappa shape index (κ3) is 2.56. The van der Waals surface area contributed by atoms with Gasteiger partial charge >= 0.3 is 0 Å². The summed E-state index contributed by atoms with van der Waals surface area (Å²) in [6.45, 7) is 9.95. The van der Waals surface area contributed by atoms with Crippen molar-refractivity contribution >= 4 is 5.82 Å². The van der Waals surface area contributed by atoms with Gasteiger partial charge in [0.05, 0.1) is 11.6 Å². The van der Waals surface area contributed by atoms with Crippen molar-refractivity contribution < 1.29 is 4.74 Å². The summed E-state index contributed by atoms with van der Waals surface area (Å²) in [5, 5.41) is 0. The van der Waals surface area contributed by atoms with Crippen LogP contribution in [0.25, 0.3) is 0 Å². The first kappa shape index (κ1) is 13.1. The van der Waals surface area contributed by atoms with Gasteiger partial charge in [-0.25, -0.2) is 9.97 Å². The zero-order valence-corrected chi connectivity index (χ0v) is 11.6. The highest BCUT2D eigenvalue weighted by atomic mass is 16.5. The zero-order valence-electron chi connectivity index (χ0n) is 11.6. The standard InChI is InChI=1S/C13H22N4O/c1-9(2)13(14)6-17(7-13)11-5-12(16-8-15-11)18-10(3)4/h5,8-10H,6-7,14H2,1-4H3. The highest BCUT2D eigenvalue weighted by Crippen LogP contribution is 2.30. The van der Waals surface area contributed by atoms with Gasteiger partial charge in [0, 0.05) is 19.2 Å². The Balaban J connectivity index is 2.03. The first-order valence-electron chi connectivity index (χ1n) is 6.43. The molecule has 0 aromatic carbocycles. The van der Waals surface area contributed by atoms with E-state index in [1.54, 1.807) is 6.33 Å². The van der Waals surface area contributed by atoms with Gasteiger partial charge in [-0.1, -0.05) is 13.8 Å². The van der Waals surface area contributed by atoms with E-state index in [2.05, 4.69) is 28.7 Å². The molecule has 0 saturated carbocycles. The van der Waals surface area contributed by atoms with Crippen molar-refractivity contribution in [3.63, 3.8) is 0 Å². The SMILES string of the molecule is CC(C)Oc1cc(N2CC(N)(C(C)C)C2)ncn1. The van der Waals surface area contributed by atoms with Gasteiger partial charge in [0.1, 0.15) is 12.1 Å². The number of ether oxygens (including phenoxy) is 1. The highest BCUT2D eigenvalue weighted by molar-refractivity contribution is 5.46. The van der Waals surface area contributed by atoms with E-state index in [9.17, 15) is 0 Å². The minimum absolute atomic E-state index is 0.0932. The summed E-state index contributed by atoms with van der Waals surface area (Å²) in [5.41, 5.74) is 6.18. The Morgan fingerprint density at radius 1 is 1.28 bits per heavy atom. The minimum atomic E-state index is -0.0932. The molecule has 1 fully saturated rings. The van der Waals surface area contributed by atoms with E-state index < -0.39 is 0 Å². The Bertz CT molecular complexity index is 413. The summed E-state index contributed by atoms with van der Waals surface area (Å²) < 4.78 is 5.56. The van der Waals surface area contributed by atoms with E-state index in [1.165, 1.54) is 0 Å². The summed E-state index contributed by atoms with van der Waals surface area (Å²) in [4.78, 5) is 10.5. The predicted molar refractivity (Wildman–Crippen MR) is 71.8 cm³/mol. The lowest BCUT2D eigenvalue weighted by Gasteiger charge is -2.50. The van der Waals surface area contributed by atoms with Gasteiger partial charge in [-0.15, -0.1) is 0 Å². The average molecular weight is 250 g/mol. The topological polar surface area (TPSA) is 64.3 Å². The molecule has 0 amide bonds. The number of hydrogen-bond donors (Lipinski definition) is 1. The summed E-state index contributed by atoms with van der Waals surface area (Å²) in [7, 11) is 0. The fraction of sp³-hybridized carbons (Fsp3) is 0.692. The number of anilines is 1. The third-order valence-electron chi connectivity index (χ3n) is 3.43. The lowest BCUT2D eigenvalue weighted by molar-refractivity contribution is 0.229. The molecule has 5 heteroatoms. The smallest absolute Gasteiger partial charge is 0.218 e. The molecule has 0 atom stereocenters. The lowest BCUT2D eigenvalue weighted by Crippen LogP contribution is -2.70. The molecule has 1 saturated heterocycles. The van der Waals surface area contributed by atoms with Crippen molar-refractivity contribution in [2.45, 2.75) is 39.3 Å². The van der Waals surface area contributed by atoms with E-state index in [0.717, 1.165) is 18.9 Å². The van der Waals surface area contributed by atoms with Crippen LogP contribution in [0.15, 0.2) is 12.4 Å². The monoisotopic (exact) mass is 250 g/mol. The first-order chi connectivity index (χ1) is 8.40. The Labute approximate surface area is 108 Å². The lowest BCUT2D eigenvalue weighted by atomic mass is 9.80. The Kier molecular flexibility index (Phi) is 3.43. The molecule has 1 aliphatic rings. The van der Waals surface area contributed by atoms with Crippen LogP contribution in [0.2, 0.25) is 0 Å². The van der Waals surface area contributed by atoms with E-state index in [4.69, 9.17) is 10.5 Å². The van der Waals surface area contributed by atoms with Gasteiger partial charge in [0.25, 0.3) is 0 Å². The number of rotatable bonds is 4. The van der Waals surface area contributed by atoms with E-state index >= 15 is 0 Å². The normalized spacial score (nSPS) is 18.1. The van der Waals surface area contributed by atoms with Gasteiger partial charge in [0.15, 0.2) is 0 Å². The highest BCUT2D eigenvalue weighted by Gasteiger charge is 2.42. The molecular formula is C13H22N4O. The molecule has 1 aromatic rings. The number of hydrogen-bond acceptors (Lipinski definition) is 5. The maximum absolute atomic E-state index is 6.28. The van der Waals surface area contributed by atoms with E-state index in [-0.39, 0.29) is 11.6 Å². The van der Waals surface area contributed by atoms with Crippen molar-refractivity contribution in [1.82, 2.24) is 9.97 Å². The van der Waals surface area contributed by atoms with Gasteiger partial charge < -0.3 is 15.4 Å². The maximum atomic E-state index is 6.28. The Hall–Kier alpha value is -1.36. The van der Waals surface area contributed by atoms with Crippen LogP contribution in [0.3, 0.4) is 0 Å². The number of nitrogens with zero attached hydrogens (tertiary/aromatic N) is 3. The van der Waals surface area contributed by atoms with Crippen molar-refractivity contribution in [1.29, 1.82) is 0 Å². The van der Waals surface area contributed by atoms with Crippen molar-refractivity contribution in [2.24, 2.45) is 11.7 Å². The van der Waals surface area contributed by atoms with Crippen LogP contribution >= 0.6 is 0 Å². The zero-order chi connectivity index (χ0) is 13.3. The molecule has 18 heavy (non-hydrogen) atoms. The molecular weight excluding hydrogens is 228 g/mol. The van der Waals surface area contributed by atoms with Crippen LogP contribution < -0.4 is 15.4 Å². The molecule has 100 valence electrons. The van der Waals surface area contributed by atoms with Crippen molar-refractivity contribution in [2.75, 3.05) is 18.0 Å². The molecule has 0 spiro atoms. The summed E-state index contributed by atoms with van der Waals surface area (Å²) >= 11 is 0. The van der Waals surface area contributed by atoms with Gasteiger partial charge in [0.2, 0.25) is 5.88 Å². The summed E-state index contributed by atoms with van der Waals surface area (Å²) in [6.07, 6.45) is 1.66. The van der Waals surface area contributed by atoms with Gasteiger partial charge in [-0.3, -0.25) is 0 Å². The quantitative estimate of drug-likeness (QED) is 0.876. The van der Waals surface area contributed by atoms with E-state index in [1.807, 2.05) is 19.9 Å². The molecule has 2 heterocycles. The second-order valence-corrected chi connectivity index (χ2v) is 5.62. The van der Waals surface area contributed by atoms with Crippen LogP contribution in [-0.2, 0) is 0 Å². The van der Waals surface area contributed by atoms with Crippen LogP contribution in [0.5, 0.6) is 5.88 Å². The van der Waals surface area contributed by atoms with Crippen molar-refractivity contribution in [3.05, 3.63) is 12.4 Å². The third-order valence-corrected chi connectivity index (χ3v) is 3.43. The predicted octanol–water partition coefficient (Wildman–Crippen LogP) is 1.44. The first-order valence-corrected chi connectivity index (χ1v) is 6.43. The van der Waals surface area contributed by atoms with Gasteiger partial charge in [-0.05, 0) is 19.8 Å². The molecule has 5 nitrogen and oxygen atoms in total. The minimum Gasteiger partial charge on any atom is -0.475 e. The Morgan fingerprint density at radius 3 is 2.50 bits per heavy atom. The van der Waals surface area contributed by atoms with Crippen LogP contribution in [-0.4, -0.2) is 34.7 Å². The average Bonchev–Trinajstić information content (AvgIpc) is 2.23. The molecule has 2 N–H and O–H groups in total.